The summed E-state index contributed by atoms with van der Waals surface area (Å²) in [5, 5.41) is 10.8. The van der Waals surface area contributed by atoms with Crippen LogP contribution >= 0.6 is 23.2 Å². The smallest absolute Gasteiger partial charge is 0.408 e. The predicted molar refractivity (Wildman–Crippen MR) is 56.2 cm³/mol. The van der Waals surface area contributed by atoms with Gasteiger partial charge in [0, 0.05) is 6.42 Å². The number of alkyl carbamates (subject to hydrolysis) is 1. The fourth-order valence-corrected chi connectivity index (χ4v) is 1.07. The number of ether oxygens (including phenoxy) is 1. The summed E-state index contributed by atoms with van der Waals surface area (Å²) in [5.74, 6) is -1.23. The van der Waals surface area contributed by atoms with Crippen LogP contribution in [0.1, 0.15) is 6.42 Å². The van der Waals surface area contributed by atoms with Crippen molar-refractivity contribution in [2.24, 2.45) is 0 Å². The Labute approximate surface area is 97.0 Å². The molecule has 0 aromatic carbocycles. The van der Waals surface area contributed by atoms with Gasteiger partial charge in [0.25, 0.3) is 0 Å². The standard InChI is InChI=1S/C8H11Cl2NO4/c1-2-3-15-8(14)11-5(7(12)13)4-6(9)10/h2,5-6H,1,3-4H2,(H,11,14)(H,12,13). The molecule has 0 aromatic rings. The average Bonchev–Trinajstić information content (AvgIpc) is 2.12. The summed E-state index contributed by atoms with van der Waals surface area (Å²) in [6, 6.07) is -1.16. The van der Waals surface area contributed by atoms with E-state index in [-0.39, 0.29) is 13.0 Å². The van der Waals surface area contributed by atoms with Crippen molar-refractivity contribution < 1.29 is 19.4 Å². The molecule has 86 valence electrons. The Morgan fingerprint density at radius 1 is 1.53 bits per heavy atom. The number of carboxylic acids is 1. The molecule has 0 saturated carbocycles. The number of amides is 1. The van der Waals surface area contributed by atoms with Gasteiger partial charge in [0.1, 0.15) is 17.5 Å². The maximum Gasteiger partial charge on any atom is 0.408 e. The molecule has 0 aliphatic carbocycles. The van der Waals surface area contributed by atoms with E-state index in [2.05, 4.69) is 16.6 Å². The van der Waals surface area contributed by atoms with E-state index in [1.165, 1.54) is 6.08 Å². The minimum atomic E-state index is -1.23. The van der Waals surface area contributed by atoms with Crippen LogP contribution in [0.2, 0.25) is 0 Å². The lowest BCUT2D eigenvalue weighted by Crippen LogP contribution is -2.42. The first-order chi connectivity index (χ1) is 6.97. The van der Waals surface area contributed by atoms with Gasteiger partial charge in [-0.1, -0.05) is 12.7 Å². The quantitative estimate of drug-likeness (QED) is 0.558. The van der Waals surface area contributed by atoms with Crippen LogP contribution in [0, 0.1) is 0 Å². The minimum Gasteiger partial charge on any atom is -0.480 e. The van der Waals surface area contributed by atoms with Crippen molar-refractivity contribution in [2.45, 2.75) is 17.3 Å². The van der Waals surface area contributed by atoms with Crippen LogP contribution in [0.3, 0.4) is 0 Å². The third-order valence-corrected chi connectivity index (χ3v) is 1.69. The summed E-state index contributed by atoms with van der Waals surface area (Å²) in [4.78, 5) is 20.7. The number of hydrogen-bond acceptors (Lipinski definition) is 3. The van der Waals surface area contributed by atoms with E-state index in [0.29, 0.717) is 0 Å². The van der Waals surface area contributed by atoms with Gasteiger partial charge >= 0.3 is 12.1 Å². The molecule has 1 unspecified atom stereocenters. The highest BCUT2D eigenvalue weighted by Crippen LogP contribution is 2.10. The fraction of sp³-hybridized carbons (Fsp3) is 0.500. The maximum absolute atomic E-state index is 11.0. The molecule has 0 bridgehead atoms. The summed E-state index contributed by atoms with van der Waals surface area (Å²) in [6.07, 6.45) is 0.416. The summed E-state index contributed by atoms with van der Waals surface area (Å²) in [7, 11) is 0. The van der Waals surface area contributed by atoms with Gasteiger partial charge in [-0.25, -0.2) is 9.59 Å². The van der Waals surface area contributed by atoms with E-state index in [1.807, 2.05) is 0 Å². The molecule has 2 N–H and O–H groups in total. The van der Waals surface area contributed by atoms with Crippen LogP contribution in [0.25, 0.3) is 0 Å². The van der Waals surface area contributed by atoms with E-state index in [1.54, 1.807) is 0 Å². The first-order valence-corrected chi connectivity index (χ1v) is 4.89. The fourth-order valence-electron chi connectivity index (χ4n) is 0.718. The zero-order valence-electron chi connectivity index (χ0n) is 7.78. The summed E-state index contributed by atoms with van der Waals surface area (Å²) >= 11 is 10.8. The zero-order chi connectivity index (χ0) is 11.8. The highest BCUT2D eigenvalue weighted by Gasteiger charge is 2.22. The highest BCUT2D eigenvalue weighted by atomic mass is 35.5. The lowest BCUT2D eigenvalue weighted by atomic mass is 10.2. The maximum atomic E-state index is 11.0. The molecule has 0 rings (SSSR count). The SMILES string of the molecule is C=CCOC(=O)NC(CC(Cl)Cl)C(=O)O. The second-order valence-corrected chi connectivity index (χ2v) is 3.83. The Hall–Kier alpha value is -0.940. The molecule has 0 fully saturated rings. The molecule has 1 amide bonds. The molecule has 0 spiro atoms. The van der Waals surface area contributed by atoms with Crippen molar-refractivity contribution >= 4 is 35.3 Å². The number of rotatable bonds is 6. The van der Waals surface area contributed by atoms with Gasteiger partial charge in [-0.2, -0.15) is 0 Å². The number of carboxylic acid groups (broad SMARTS) is 1. The van der Waals surface area contributed by atoms with Gasteiger partial charge in [0.15, 0.2) is 0 Å². The molecule has 0 aliphatic rings. The largest absolute Gasteiger partial charge is 0.480 e. The second kappa shape index (κ2) is 7.36. The van der Waals surface area contributed by atoms with Gasteiger partial charge in [-0.3, -0.25) is 0 Å². The van der Waals surface area contributed by atoms with Crippen molar-refractivity contribution in [3.05, 3.63) is 12.7 Å². The van der Waals surface area contributed by atoms with Gasteiger partial charge in [0.2, 0.25) is 0 Å². The number of carbonyl (C=O) groups is 2. The third kappa shape index (κ3) is 7.04. The normalized spacial score (nSPS) is 11.9. The van der Waals surface area contributed by atoms with Crippen LogP contribution in [0.15, 0.2) is 12.7 Å². The van der Waals surface area contributed by atoms with E-state index >= 15 is 0 Å². The highest BCUT2D eigenvalue weighted by molar-refractivity contribution is 6.44. The molecule has 1 atom stereocenters. The van der Waals surface area contributed by atoms with Gasteiger partial charge < -0.3 is 15.2 Å². The number of aliphatic carboxylic acids is 1. The first kappa shape index (κ1) is 14.1. The van der Waals surface area contributed by atoms with E-state index in [0.717, 1.165) is 0 Å². The molecule has 5 nitrogen and oxygen atoms in total. The molecule has 0 aromatic heterocycles. The average molecular weight is 256 g/mol. The Kier molecular flexibility index (Phi) is 6.90. The molecular formula is C8H11Cl2NO4. The van der Waals surface area contributed by atoms with Crippen molar-refractivity contribution in [1.29, 1.82) is 0 Å². The van der Waals surface area contributed by atoms with Crippen molar-refractivity contribution in [3.8, 4) is 0 Å². The molecule has 0 saturated heterocycles. The minimum absolute atomic E-state index is 0.00332. The summed E-state index contributed by atoms with van der Waals surface area (Å²) in [6.45, 7) is 3.34. The number of halogens is 2. The predicted octanol–water partition coefficient (Wildman–Crippen LogP) is 1.55. The van der Waals surface area contributed by atoms with Crippen LogP contribution in [0.5, 0.6) is 0 Å². The van der Waals surface area contributed by atoms with Crippen molar-refractivity contribution in [2.75, 3.05) is 6.61 Å². The van der Waals surface area contributed by atoms with Crippen LogP contribution in [-0.2, 0) is 9.53 Å². The van der Waals surface area contributed by atoms with Crippen molar-refractivity contribution in [1.82, 2.24) is 5.32 Å². The van der Waals surface area contributed by atoms with E-state index in [9.17, 15) is 9.59 Å². The molecular weight excluding hydrogens is 245 g/mol. The zero-order valence-corrected chi connectivity index (χ0v) is 9.29. The monoisotopic (exact) mass is 255 g/mol. The Morgan fingerprint density at radius 3 is 2.53 bits per heavy atom. The Balaban J connectivity index is 4.10. The van der Waals surface area contributed by atoms with Crippen LogP contribution < -0.4 is 5.32 Å². The molecule has 0 radical (unpaired) electrons. The van der Waals surface area contributed by atoms with Gasteiger partial charge in [-0.05, 0) is 0 Å². The molecule has 0 aliphatic heterocycles. The lowest BCUT2D eigenvalue weighted by molar-refractivity contribution is -0.139. The number of nitrogens with one attached hydrogen (secondary N) is 1. The van der Waals surface area contributed by atoms with Crippen molar-refractivity contribution in [3.63, 3.8) is 0 Å². The topological polar surface area (TPSA) is 75.6 Å². The number of hydrogen-bond donors (Lipinski definition) is 2. The van der Waals surface area contributed by atoms with E-state index in [4.69, 9.17) is 28.3 Å². The Bertz CT molecular complexity index is 245. The van der Waals surface area contributed by atoms with Crippen LogP contribution in [-0.4, -0.2) is 34.7 Å². The second-order valence-electron chi connectivity index (χ2n) is 2.55. The Morgan fingerprint density at radius 2 is 2.13 bits per heavy atom. The van der Waals surface area contributed by atoms with Gasteiger partial charge in [-0.15, -0.1) is 23.2 Å². The first-order valence-electron chi connectivity index (χ1n) is 4.02. The molecule has 0 heterocycles. The molecule has 15 heavy (non-hydrogen) atoms. The van der Waals surface area contributed by atoms with E-state index < -0.39 is 22.9 Å². The van der Waals surface area contributed by atoms with Gasteiger partial charge in [0.05, 0.1) is 0 Å². The van der Waals surface area contributed by atoms with Crippen LogP contribution in [0.4, 0.5) is 4.79 Å². The number of carbonyl (C=O) groups excluding carboxylic acids is 1. The summed E-state index contributed by atoms with van der Waals surface area (Å²) < 4.78 is 4.54. The number of alkyl halides is 2. The molecule has 7 heteroatoms. The summed E-state index contributed by atoms with van der Waals surface area (Å²) in [5.41, 5.74) is 0. The third-order valence-electron chi connectivity index (χ3n) is 1.34. The lowest BCUT2D eigenvalue weighted by Gasteiger charge is -2.14.